The lowest BCUT2D eigenvalue weighted by molar-refractivity contribution is 0.0691. The molecule has 0 atom stereocenters. The molecule has 0 spiro atoms. The molecule has 0 fully saturated rings. The van der Waals surface area contributed by atoms with E-state index in [4.69, 9.17) is 9.15 Å². The van der Waals surface area contributed by atoms with E-state index in [-0.39, 0.29) is 12.4 Å². The first kappa shape index (κ1) is 11.6. The maximum absolute atomic E-state index is 11.7. The lowest BCUT2D eigenvalue weighted by Crippen LogP contribution is -2.08. The Labute approximate surface area is 100 Å². The summed E-state index contributed by atoms with van der Waals surface area (Å²) in [6, 6.07) is 11.1. The Kier molecular flexibility index (Phi) is 3.73. The number of ketones is 1. The van der Waals surface area contributed by atoms with Crippen LogP contribution in [-0.4, -0.2) is 12.4 Å². The van der Waals surface area contributed by atoms with Gasteiger partial charge in [0.2, 0.25) is 0 Å². The lowest BCUT2D eigenvalue weighted by atomic mass is 10.1. The van der Waals surface area contributed by atoms with Gasteiger partial charge < -0.3 is 9.15 Å². The largest absolute Gasteiger partial charge is 0.467 e. The van der Waals surface area contributed by atoms with Gasteiger partial charge >= 0.3 is 0 Å². The molecule has 0 radical (unpaired) electrons. The summed E-state index contributed by atoms with van der Waals surface area (Å²) in [4.78, 5) is 11.7. The average molecular weight is 230 g/mol. The summed E-state index contributed by atoms with van der Waals surface area (Å²) in [5.74, 6) is 0.707. The van der Waals surface area contributed by atoms with Gasteiger partial charge in [-0.2, -0.15) is 0 Å². The third kappa shape index (κ3) is 3.29. The zero-order chi connectivity index (χ0) is 12.1. The molecule has 0 aliphatic carbocycles. The third-order valence-electron chi connectivity index (χ3n) is 2.43. The van der Waals surface area contributed by atoms with Crippen LogP contribution in [0.15, 0.2) is 47.1 Å². The van der Waals surface area contributed by atoms with E-state index in [2.05, 4.69) is 0 Å². The van der Waals surface area contributed by atoms with Gasteiger partial charge in [-0.3, -0.25) is 4.79 Å². The van der Waals surface area contributed by atoms with Gasteiger partial charge in [-0.15, -0.1) is 0 Å². The van der Waals surface area contributed by atoms with Crippen molar-refractivity contribution in [1.82, 2.24) is 0 Å². The molecule has 0 aliphatic rings. The summed E-state index contributed by atoms with van der Waals surface area (Å²) in [6.07, 6.45) is 1.58. The molecule has 0 N–H and O–H groups in total. The highest BCUT2D eigenvalue weighted by atomic mass is 16.5. The molecule has 3 nitrogen and oxygen atoms in total. The Morgan fingerprint density at radius 1 is 1.24 bits per heavy atom. The zero-order valence-electron chi connectivity index (χ0n) is 9.68. The molecule has 2 rings (SSSR count). The van der Waals surface area contributed by atoms with Crippen LogP contribution in [0.25, 0.3) is 0 Å². The molecular formula is C14H14O3. The van der Waals surface area contributed by atoms with Crippen LogP contribution < -0.4 is 0 Å². The van der Waals surface area contributed by atoms with Gasteiger partial charge in [0.25, 0.3) is 0 Å². The number of hydrogen-bond acceptors (Lipinski definition) is 3. The quantitative estimate of drug-likeness (QED) is 0.741. The molecule has 2 aromatic rings. The average Bonchev–Trinajstić information content (AvgIpc) is 2.83. The van der Waals surface area contributed by atoms with E-state index < -0.39 is 0 Å². The monoisotopic (exact) mass is 230 g/mol. The molecule has 0 saturated heterocycles. The van der Waals surface area contributed by atoms with Crippen molar-refractivity contribution in [2.24, 2.45) is 0 Å². The van der Waals surface area contributed by atoms with Crippen LogP contribution in [0.3, 0.4) is 0 Å². The number of Topliss-reactive ketones (excluding diaryl/α,β-unsaturated/α-hetero) is 1. The highest BCUT2D eigenvalue weighted by molar-refractivity contribution is 5.97. The summed E-state index contributed by atoms with van der Waals surface area (Å²) in [6.45, 7) is 2.38. The lowest BCUT2D eigenvalue weighted by Gasteiger charge is -2.02. The van der Waals surface area contributed by atoms with Crippen LogP contribution in [0.1, 0.15) is 21.7 Å². The molecule has 0 saturated carbocycles. The first-order chi connectivity index (χ1) is 8.25. The highest BCUT2D eigenvalue weighted by Gasteiger charge is 2.06. The van der Waals surface area contributed by atoms with Gasteiger partial charge in [0.1, 0.15) is 19.0 Å². The van der Waals surface area contributed by atoms with Crippen molar-refractivity contribution in [2.45, 2.75) is 13.5 Å². The Morgan fingerprint density at radius 3 is 2.65 bits per heavy atom. The minimum absolute atomic E-state index is 0.0171. The fraction of sp³-hybridized carbons (Fsp3) is 0.214. The second-order valence-corrected chi connectivity index (χ2v) is 3.86. The van der Waals surface area contributed by atoms with Crippen molar-refractivity contribution in [3.05, 3.63) is 59.5 Å². The molecule has 3 heteroatoms. The Morgan fingerprint density at radius 2 is 2.00 bits per heavy atom. The van der Waals surface area contributed by atoms with E-state index in [0.717, 1.165) is 11.3 Å². The predicted molar refractivity (Wildman–Crippen MR) is 63.9 cm³/mol. The van der Waals surface area contributed by atoms with E-state index in [1.54, 1.807) is 12.3 Å². The van der Waals surface area contributed by atoms with Crippen LogP contribution in [0.2, 0.25) is 0 Å². The standard InChI is InChI=1S/C14H14O3/c1-11-4-6-12(7-5-11)14(15)10-16-9-13-3-2-8-17-13/h2-8H,9-10H2,1H3. The minimum atomic E-state index is -0.0171. The summed E-state index contributed by atoms with van der Waals surface area (Å²) in [5.41, 5.74) is 1.81. The molecule has 0 aliphatic heterocycles. The van der Waals surface area contributed by atoms with Crippen LogP contribution in [0.4, 0.5) is 0 Å². The van der Waals surface area contributed by atoms with Crippen LogP contribution >= 0.6 is 0 Å². The maximum Gasteiger partial charge on any atom is 0.188 e. The number of benzene rings is 1. The van der Waals surface area contributed by atoms with Crippen LogP contribution in [0, 0.1) is 6.92 Å². The van der Waals surface area contributed by atoms with Crippen molar-refractivity contribution >= 4 is 5.78 Å². The van der Waals surface area contributed by atoms with Gasteiger partial charge in [0.05, 0.1) is 6.26 Å². The second kappa shape index (κ2) is 5.46. The summed E-state index contributed by atoms with van der Waals surface area (Å²) >= 11 is 0. The number of rotatable bonds is 5. The van der Waals surface area contributed by atoms with Gasteiger partial charge in [-0.1, -0.05) is 29.8 Å². The maximum atomic E-state index is 11.7. The molecule has 1 heterocycles. The fourth-order valence-corrected chi connectivity index (χ4v) is 1.46. The van der Waals surface area contributed by atoms with Crippen LogP contribution in [0.5, 0.6) is 0 Å². The van der Waals surface area contributed by atoms with Crippen LogP contribution in [-0.2, 0) is 11.3 Å². The Hall–Kier alpha value is -1.87. The topological polar surface area (TPSA) is 39.4 Å². The van der Waals surface area contributed by atoms with Crippen molar-refractivity contribution in [1.29, 1.82) is 0 Å². The zero-order valence-corrected chi connectivity index (χ0v) is 9.68. The summed E-state index contributed by atoms with van der Waals surface area (Å²) < 4.78 is 10.4. The first-order valence-corrected chi connectivity index (χ1v) is 5.46. The van der Waals surface area contributed by atoms with Gasteiger partial charge in [-0.25, -0.2) is 0 Å². The van der Waals surface area contributed by atoms with Crippen molar-refractivity contribution in [2.75, 3.05) is 6.61 Å². The first-order valence-electron chi connectivity index (χ1n) is 5.46. The SMILES string of the molecule is Cc1ccc(C(=O)COCc2ccco2)cc1. The highest BCUT2D eigenvalue weighted by Crippen LogP contribution is 2.06. The third-order valence-corrected chi connectivity index (χ3v) is 2.43. The molecule has 1 aromatic heterocycles. The minimum Gasteiger partial charge on any atom is -0.467 e. The number of ether oxygens (including phenoxy) is 1. The summed E-state index contributed by atoms with van der Waals surface area (Å²) in [5, 5.41) is 0. The number of carbonyl (C=O) groups is 1. The van der Waals surface area contributed by atoms with Crippen molar-refractivity contribution in [3.8, 4) is 0 Å². The van der Waals surface area contributed by atoms with Gasteiger partial charge in [0, 0.05) is 5.56 Å². The van der Waals surface area contributed by atoms with Crippen molar-refractivity contribution < 1.29 is 13.9 Å². The van der Waals surface area contributed by atoms with E-state index >= 15 is 0 Å². The Balaban J connectivity index is 1.83. The normalized spacial score (nSPS) is 10.4. The van der Waals surface area contributed by atoms with E-state index in [9.17, 15) is 4.79 Å². The van der Waals surface area contributed by atoms with E-state index in [0.29, 0.717) is 12.2 Å². The molecule has 17 heavy (non-hydrogen) atoms. The number of furan rings is 1. The molecular weight excluding hydrogens is 216 g/mol. The van der Waals surface area contributed by atoms with Gasteiger partial charge in [0.15, 0.2) is 5.78 Å². The van der Waals surface area contributed by atoms with E-state index in [1.807, 2.05) is 37.3 Å². The summed E-state index contributed by atoms with van der Waals surface area (Å²) in [7, 11) is 0. The number of carbonyl (C=O) groups excluding carboxylic acids is 1. The molecule has 0 amide bonds. The van der Waals surface area contributed by atoms with Crippen molar-refractivity contribution in [3.63, 3.8) is 0 Å². The fourth-order valence-electron chi connectivity index (χ4n) is 1.46. The predicted octanol–water partition coefficient (Wildman–Crippen LogP) is 2.99. The molecule has 88 valence electrons. The molecule has 1 aromatic carbocycles. The smallest absolute Gasteiger partial charge is 0.188 e. The number of aryl methyl sites for hydroxylation is 1. The molecule has 0 unspecified atom stereocenters. The number of hydrogen-bond donors (Lipinski definition) is 0. The van der Waals surface area contributed by atoms with E-state index in [1.165, 1.54) is 0 Å². The van der Waals surface area contributed by atoms with Gasteiger partial charge in [-0.05, 0) is 19.1 Å². The molecule has 0 bridgehead atoms. The second-order valence-electron chi connectivity index (χ2n) is 3.86. The Bertz CT molecular complexity index is 469.